The molecule has 8 aromatic rings. The first-order chi connectivity index (χ1) is 32.6. The highest BCUT2D eigenvalue weighted by Gasteiger charge is 2.56. The largest absolute Gasteiger partial charge is 0.459 e. The van der Waals surface area contributed by atoms with Crippen molar-refractivity contribution in [1.82, 2.24) is 19.9 Å². The number of carbonyl (C=O) groups is 2. The fraction of sp³-hybridized carbons (Fsp3) is 0.179. The van der Waals surface area contributed by atoms with Gasteiger partial charge in [-0.05, 0) is 81.9 Å². The third-order valence-corrected chi connectivity index (χ3v) is 12.2. The van der Waals surface area contributed by atoms with Crippen LogP contribution in [-0.4, -0.2) is 31.9 Å². The second kappa shape index (κ2) is 19.6. The van der Waals surface area contributed by atoms with Crippen molar-refractivity contribution in [3.05, 3.63) is 238 Å². The molecule has 0 saturated heterocycles. The van der Waals surface area contributed by atoms with E-state index in [9.17, 15) is 9.59 Å². The quantitative estimate of drug-likeness (QED) is 0.0867. The Morgan fingerprint density at radius 1 is 0.333 bits per heavy atom. The van der Waals surface area contributed by atoms with Crippen LogP contribution in [0.2, 0.25) is 0 Å². The molecule has 3 aliphatic rings. The van der Waals surface area contributed by atoms with Gasteiger partial charge in [-0.25, -0.2) is 19.9 Å². The maximum atomic E-state index is 14.6. The van der Waals surface area contributed by atoms with Gasteiger partial charge in [0.1, 0.15) is 13.2 Å². The molecule has 0 N–H and O–H groups in total. The molecule has 0 fully saturated rings. The molecule has 0 aliphatic heterocycles. The van der Waals surface area contributed by atoms with Crippen LogP contribution in [-0.2, 0) is 68.2 Å². The number of esters is 2. The SMILES string of the molecule is O=C(OCc1cccc(-c2cccc(COCc3ccccc3)n2)n1)C1C2c3ccccc3C(c3ccccc32)C1C(=O)OCc1cccc(-c2cccc(COCc3ccccc3)n2)n1. The highest BCUT2D eigenvalue weighted by atomic mass is 16.5. The van der Waals surface area contributed by atoms with Gasteiger partial charge in [0, 0.05) is 11.8 Å². The standard InChI is InChI=1S/C56H46N4O6/c61-55(65-35-41-21-13-29-49(59-41)47-27-11-19-39(57-47)33-63-31-37-15-3-1-4-16-37)53-51-43-23-7-9-25-45(43)52(46-26-10-8-24-44(46)51)54(53)56(62)66-36-42-22-14-30-50(60-42)48-28-12-20-40(58-48)34-64-32-38-17-5-2-6-18-38/h1-30,51-54H,31-36H2. The Labute approximate surface area is 383 Å². The van der Waals surface area contributed by atoms with Crippen molar-refractivity contribution in [2.24, 2.45) is 11.8 Å². The van der Waals surface area contributed by atoms with Crippen molar-refractivity contribution in [3.8, 4) is 22.8 Å². The number of fused-ring (bicyclic) bond motifs is 1. The molecule has 10 heteroatoms. The van der Waals surface area contributed by atoms with Gasteiger partial charge in [-0.2, -0.15) is 0 Å². The average molecular weight is 871 g/mol. The number of pyridine rings is 4. The number of hydrogen-bond acceptors (Lipinski definition) is 10. The normalized spacial score (nSPS) is 16.8. The monoisotopic (exact) mass is 870 g/mol. The van der Waals surface area contributed by atoms with Crippen LogP contribution >= 0.6 is 0 Å². The Morgan fingerprint density at radius 2 is 0.636 bits per heavy atom. The second-order valence-electron chi connectivity index (χ2n) is 16.5. The van der Waals surface area contributed by atoms with Crippen LogP contribution in [0.25, 0.3) is 22.8 Å². The molecule has 4 heterocycles. The minimum atomic E-state index is -0.847. The third-order valence-electron chi connectivity index (χ3n) is 12.2. The molecule has 326 valence electrons. The van der Waals surface area contributed by atoms with Crippen LogP contribution in [0.15, 0.2) is 182 Å². The van der Waals surface area contributed by atoms with Gasteiger partial charge in [-0.1, -0.05) is 133 Å². The summed E-state index contributed by atoms with van der Waals surface area (Å²) >= 11 is 0. The Bertz CT molecular complexity index is 2730. The Balaban J connectivity index is 0.850. The minimum Gasteiger partial charge on any atom is -0.459 e. The zero-order valence-electron chi connectivity index (χ0n) is 36.1. The first-order valence-electron chi connectivity index (χ1n) is 22.1. The molecule has 0 saturated carbocycles. The lowest BCUT2D eigenvalue weighted by atomic mass is 9.54. The summed E-state index contributed by atoms with van der Waals surface area (Å²) in [6.07, 6.45) is 0. The molecule has 11 rings (SSSR count). The number of carbonyl (C=O) groups excluding carboxylic acids is 2. The number of aromatic nitrogens is 4. The molecule has 0 amide bonds. The molecule has 2 bridgehead atoms. The van der Waals surface area contributed by atoms with E-state index in [0.29, 0.717) is 60.6 Å². The molecular formula is C56H46N4O6. The number of rotatable bonds is 16. The molecule has 2 unspecified atom stereocenters. The summed E-state index contributed by atoms with van der Waals surface area (Å²) in [5, 5.41) is 0. The summed E-state index contributed by atoms with van der Waals surface area (Å²) < 4.78 is 24.2. The maximum Gasteiger partial charge on any atom is 0.311 e. The average Bonchev–Trinajstić information content (AvgIpc) is 3.38. The van der Waals surface area contributed by atoms with Gasteiger partial charge < -0.3 is 18.9 Å². The molecule has 4 aromatic heterocycles. The highest BCUT2D eigenvalue weighted by Crippen LogP contribution is 2.59. The van der Waals surface area contributed by atoms with E-state index in [1.165, 1.54) is 0 Å². The number of ether oxygens (including phenoxy) is 4. The summed E-state index contributed by atoms with van der Waals surface area (Å²) in [5.41, 5.74) is 11.5. The van der Waals surface area contributed by atoms with E-state index in [1.807, 2.05) is 158 Å². The van der Waals surface area contributed by atoms with E-state index in [2.05, 4.69) is 24.3 Å². The van der Waals surface area contributed by atoms with Crippen LogP contribution in [0.5, 0.6) is 0 Å². The van der Waals surface area contributed by atoms with Gasteiger partial charge in [0.05, 0.1) is 83.8 Å². The van der Waals surface area contributed by atoms with Crippen LogP contribution in [0.4, 0.5) is 0 Å². The van der Waals surface area contributed by atoms with Gasteiger partial charge in [0.25, 0.3) is 0 Å². The number of hydrogen-bond donors (Lipinski definition) is 0. The molecule has 0 spiro atoms. The lowest BCUT2D eigenvalue weighted by Crippen LogP contribution is -2.48. The Hall–Kier alpha value is -7.66. The van der Waals surface area contributed by atoms with Crippen molar-refractivity contribution in [2.75, 3.05) is 0 Å². The van der Waals surface area contributed by atoms with Crippen molar-refractivity contribution >= 4 is 11.9 Å². The fourth-order valence-electron chi connectivity index (χ4n) is 9.23. The molecule has 10 nitrogen and oxygen atoms in total. The summed E-state index contributed by atoms with van der Waals surface area (Å²) in [5.74, 6) is -3.51. The molecule has 4 aromatic carbocycles. The Kier molecular flexibility index (Phi) is 12.6. The van der Waals surface area contributed by atoms with Gasteiger partial charge in [-0.3, -0.25) is 9.59 Å². The summed E-state index contributed by atoms with van der Waals surface area (Å²) in [7, 11) is 0. The Morgan fingerprint density at radius 3 is 0.970 bits per heavy atom. The summed E-state index contributed by atoms with van der Waals surface area (Å²) in [6.45, 7) is 1.49. The van der Waals surface area contributed by atoms with E-state index in [1.54, 1.807) is 0 Å². The maximum absolute atomic E-state index is 14.6. The zero-order chi connectivity index (χ0) is 44.7. The van der Waals surface area contributed by atoms with E-state index in [0.717, 1.165) is 44.8 Å². The van der Waals surface area contributed by atoms with Crippen LogP contribution in [0.1, 0.15) is 68.0 Å². The van der Waals surface area contributed by atoms with Crippen LogP contribution < -0.4 is 0 Å². The lowest BCUT2D eigenvalue weighted by Gasteiger charge is -2.48. The van der Waals surface area contributed by atoms with Crippen molar-refractivity contribution in [1.29, 1.82) is 0 Å². The van der Waals surface area contributed by atoms with E-state index < -0.39 is 35.6 Å². The first-order valence-corrected chi connectivity index (χ1v) is 22.1. The van der Waals surface area contributed by atoms with Crippen molar-refractivity contribution in [2.45, 2.75) is 51.5 Å². The van der Waals surface area contributed by atoms with E-state index in [-0.39, 0.29) is 13.2 Å². The van der Waals surface area contributed by atoms with Crippen LogP contribution in [0, 0.1) is 11.8 Å². The van der Waals surface area contributed by atoms with Gasteiger partial charge in [0.2, 0.25) is 0 Å². The molecule has 3 aliphatic carbocycles. The number of nitrogens with zero attached hydrogens (tertiary/aromatic N) is 4. The number of benzene rings is 4. The smallest absolute Gasteiger partial charge is 0.311 e. The minimum absolute atomic E-state index is 0.0867. The third kappa shape index (κ3) is 9.28. The van der Waals surface area contributed by atoms with Gasteiger partial charge >= 0.3 is 11.9 Å². The van der Waals surface area contributed by atoms with Crippen molar-refractivity contribution in [3.63, 3.8) is 0 Å². The second-order valence-corrected chi connectivity index (χ2v) is 16.5. The summed E-state index contributed by atoms with van der Waals surface area (Å²) in [6, 6.07) is 58.8. The predicted octanol–water partition coefficient (Wildman–Crippen LogP) is 10.3. The fourth-order valence-corrected chi connectivity index (χ4v) is 9.23. The first kappa shape index (κ1) is 42.3. The molecular weight excluding hydrogens is 825 g/mol. The predicted molar refractivity (Wildman–Crippen MR) is 248 cm³/mol. The van der Waals surface area contributed by atoms with E-state index >= 15 is 0 Å². The highest BCUT2D eigenvalue weighted by molar-refractivity contribution is 5.88. The molecule has 2 atom stereocenters. The zero-order valence-corrected chi connectivity index (χ0v) is 36.1. The topological polar surface area (TPSA) is 123 Å². The lowest BCUT2D eigenvalue weighted by molar-refractivity contribution is -0.165. The summed E-state index contributed by atoms with van der Waals surface area (Å²) in [4.78, 5) is 48.5. The molecule has 0 radical (unpaired) electrons. The van der Waals surface area contributed by atoms with Crippen LogP contribution in [0.3, 0.4) is 0 Å². The van der Waals surface area contributed by atoms with Gasteiger partial charge in [0.15, 0.2) is 0 Å². The van der Waals surface area contributed by atoms with Gasteiger partial charge in [-0.15, -0.1) is 0 Å². The van der Waals surface area contributed by atoms with E-state index in [4.69, 9.17) is 38.9 Å². The van der Waals surface area contributed by atoms with Crippen molar-refractivity contribution < 1.29 is 28.5 Å². The molecule has 66 heavy (non-hydrogen) atoms.